The van der Waals surface area contributed by atoms with Crippen molar-refractivity contribution in [2.24, 2.45) is 0 Å². The van der Waals surface area contributed by atoms with Crippen LogP contribution in [0, 0.1) is 6.92 Å². The van der Waals surface area contributed by atoms with E-state index in [-0.39, 0.29) is 29.8 Å². The van der Waals surface area contributed by atoms with Gasteiger partial charge in [0.05, 0.1) is 17.7 Å². The molecule has 0 aromatic heterocycles. The van der Waals surface area contributed by atoms with Crippen molar-refractivity contribution in [1.82, 2.24) is 10.2 Å². The Morgan fingerprint density at radius 1 is 0.891 bits per heavy atom. The summed E-state index contributed by atoms with van der Waals surface area (Å²) in [6, 6.07) is 28.4. The molecule has 242 valence electrons. The van der Waals surface area contributed by atoms with E-state index in [1.54, 1.807) is 43.5 Å². The van der Waals surface area contributed by atoms with Gasteiger partial charge in [0.2, 0.25) is 11.8 Å². The van der Waals surface area contributed by atoms with E-state index >= 15 is 0 Å². The van der Waals surface area contributed by atoms with Crippen LogP contribution in [0.3, 0.4) is 0 Å². The average Bonchev–Trinajstić information content (AvgIpc) is 3.06. The van der Waals surface area contributed by atoms with Gasteiger partial charge < -0.3 is 15.0 Å². The van der Waals surface area contributed by atoms with Gasteiger partial charge in [-0.3, -0.25) is 13.9 Å². The lowest BCUT2D eigenvalue weighted by atomic mass is 10.0. The number of hydrogen-bond acceptors (Lipinski definition) is 5. The van der Waals surface area contributed by atoms with Crippen LogP contribution in [0.15, 0.2) is 108 Å². The van der Waals surface area contributed by atoms with Crippen molar-refractivity contribution < 1.29 is 22.7 Å². The van der Waals surface area contributed by atoms with Crippen molar-refractivity contribution in [3.05, 3.63) is 125 Å². The zero-order valence-corrected chi connectivity index (χ0v) is 28.1. The third-order valence-corrected chi connectivity index (χ3v) is 9.80. The van der Waals surface area contributed by atoms with Crippen molar-refractivity contribution in [1.29, 1.82) is 0 Å². The second-order valence-corrected chi connectivity index (χ2v) is 13.5. The van der Waals surface area contributed by atoms with E-state index < -0.39 is 28.5 Å². The lowest BCUT2D eigenvalue weighted by Gasteiger charge is -2.34. The Balaban J connectivity index is 1.81. The standard InChI is InChI=1S/C36H40ClN3O5S/c1-5-27(3)38-36(42)34(23-28-10-7-6-8-11-28)39(24-29-12-9-13-32(22-29)45-4)35(41)25-40(31-18-14-26(2)15-19-31)46(43,44)33-20-16-30(37)17-21-33/h6-22,27,34H,5,23-25H2,1-4H3,(H,38,42). The fourth-order valence-corrected chi connectivity index (χ4v) is 6.48. The highest BCUT2D eigenvalue weighted by atomic mass is 35.5. The number of anilines is 1. The summed E-state index contributed by atoms with van der Waals surface area (Å²) in [5.74, 6) is -0.266. The molecule has 8 nitrogen and oxygen atoms in total. The Bertz CT molecular complexity index is 1720. The van der Waals surface area contributed by atoms with Gasteiger partial charge in [-0.05, 0) is 79.9 Å². The largest absolute Gasteiger partial charge is 0.497 e. The van der Waals surface area contributed by atoms with Gasteiger partial charge in [0.1, 0.15) is 18.3 Å². The first-order chi connectivity index (χ1) is 22.0. The second kappa shape index (κ2) is 15.8. The molecule has 0 aliphatic heterocycles. The molecule has 10 heteroatoms. The number of nitrogens with zero attached hydrogens (tertiary/aromatic N) is 2. The quantitative estimate of drug-likeness (QED) is 0.169. The van der Waals surface area contributed by atoms with Crippen LogP contribution in [-0.2, 0) is 32.6 Å². The van der Waals surface area contributed by atoms with Crippen molar-refractivity contribution in [3.63, 3.8) is 0 Å². The van der Waals surface area contributed by atoms with Crippen LogP contribution in [0.25, 0.3) is 0 Å². The Kier molecular flexibility index (Phi) is 11.8. The summed E-state index contributed by atoms with van der Waals surface area (Å²) >= 11 is 6.06. The van der Waals surface area contributed by atoms with Gasteiger partial charge in [-0.2, -0.15) is 0 Å². The lowest BCUT2D eigenvalue weighted by Crippen LogP contribution is -2.54. The number of benzene rings is 4. The normalized spacial score (nSPS) is 12.5. The fraction of sp³-hybridized carbons (Fsp3) is 0.278. The molecule has 0 saturated carbocycles. The number of sulfonamides is 1. The van der Waals surface area contributed by atoms with E-state index in [0.717, 1.165) is 21.0 Å². The number of ether oxygens (including phenoxy) is 1. The fourth-order valence-electron chi connectivity index (χ4n) is 4.94. The highest BCUT2D eigenvalue weighted by Crippen LogP contribution is 2.27. The molecule has 2 unspecified atom stereocenters. The SMILES string of the molecule is CCC(C)NC(=O)C(Cc1ccccc1)N(Cc1cccc(OC)c1)C(=O)CN(c1ccc(C)cc1)S(=O)(=O)c1ccc(Cl)cc1. The smallest absolute Gasteiger partial charge is 0.264 e. The Labute approximate surface area is 277 Å². The highest BCUT2D eigenvalue weighted by molar-refractivity contribution is 7.92. The maximum absolute atomic E-state index is 14.6. The maximum atomic E-state index is 14.6. The third kappa shape index (κ3) is 8.89. The molecular weight excluding hydrogens is 622 g/mol. The van der Waals surface area contributed by atoms with Gasteiger partial charge in [-0.1, -0.05) is 78.7 Å². The van der Waals surface area contributed by atoms with E-state index in [4.69, 9.17) is 16.3 Å². The minimum atomic E-state index is -4.22. The number of methoxy groups -OCH3 is 1. The Morgan fingerprint density at radius 2 is 1.54 bits per heavy atom. The van der Waals surface area contributed by atoms with Gasteiger partial charge in [-0.15, -0.1) is 0 Å². The minimum Gasteiger partial charge on any atom is -0.497 e. The Morgan fingerprint density at radius 3 is 2.17 bits per heavy atom. The summed E-state index contributed by atoms with van der Waals surface area (Å²) in [6.07, 6.45) is 0.932. The monoisotopic (exact) mass is 661 g/mol. The van der Waals surface area contributed by atoms with Crippen LogP contribution in [0.2, 0.25) is 5.02 Å². The summed E-state index contributed by atoms with van der Waals surface area (Å²) in [4.78, 5) is 30.0. The van der Waals surface area contributed by atoms with Crippen LogP contribution >= 0.6 is 11.6 Å². The molecule has 0 radical (unpaired) electrons. The molecule has 2 atom stereocenters. The summed E-state index contributed by atoms with van der Waals surface area (Å²) in [6.45, 7) is 5.28. The van der Waals surface area contributed by atoms with Gasteiger partial charge >= 0.3 is 0 Å². The van der Waals surface area contributed by atoms with E-state index in [9.17, 15) is 18.0 Å². The predicted molar refractivity (Wildman–Crippen MR) is 183 cm³/mol. The van der Waals surface area contributed by atoms with Crippen molar-refractivity contribution in [2.45, 2.75) is 57.1 Å². The van der Waals surface area contributed by atoms with Gasteiger partial charge in [0.15, 0.2) is 0 Å². The molecular formula is C36H40ClN3O5S. The molecule has 46 heavy (non-hydrogen) atoms. The van der Waals surface area contributed by atoms with Crippen LogP contribution in [0.4, 0.5) is 5.69 Å². The van der Waals surface area contributed by atoms with Gasteiger partial charge in [0.25, 0.3) is 10.0 Å². The molecule has 0 bridgehead atoms. The van der Waals surface area contributed by atoms with E-state index in [2.05, 4.69) is 5.32 Å². The molecule has 2 amide bonds. The number of hydrogen-bond donors (Lipinski definition) is 1. The minimum absolute atomic E-state index is 0.0139. The molecule has 0 spiro atoms. The number of carbonyl (C=O) groups is 2. The summed E-state index contributed by atoms with van der Waals surface area (Å²) in [5, 5.41) is 3.43. The van der Waals surface area contributed by atoms with Gasteiger partial charge in [0, 0.05) is 24.0 Å². The first-order valence-electron chi connectivity index (χ1n) is 15.1. The average molecular weight is 662 g/mol. The van der Waals surface area contributed by atoms with E-state index in [0.29, 0.717) is 22.9 Å². The molecule has 0 aliphatic carbocycles. The topological polar surface area (TPSA) is 96.0 Å². The molecule has 0 heterocycles. The van der Waals surface area contributed by atoms with Crippen LogP contribution in [0.5, 0.6) is 5.75 Å². The summed E-state index contributed by atoms with van der Waals surface area (Å²) < 4.78 is 34.8. The lowest BCUT2D eigenvalue weighted by molar-refractivity contribution is -0.140. The first kappa shape index (κ1) is 34.5. The first-order valence-corrected chi connectivity index (χ1v) is 16.9. The molecule has 0 saturated heterocycles. The zero-order chi connectivity index (χ0) is 33.3. The van der Waals surface area contributed by atoms with Crippen molar-refractivity contribution >= 4 is 39.1 Å². The Hall–Kier alpha value is -4.34. The number of aryl methyl sites for hydroxylation is 1. The highest BCUT2D eigenvalue weighted by Gasteiger charge is 2.35. The number of nitrogens with one attached hydrogen (secondary N) is 1. The molecule has 4 aromatic carbocycles. The second-order valence-electron chi connectivity index (χ2n) is 11.2. The summed E-state index contributed by atoms with van der Waals surface area (Å²) in [7, 11) is -2.66. The van der Waals surface area contributed by atoms with Crippen LogP contribution in [0.1, 0.15) is 37.0 Å². The molecule has 4 rings (SSSR count). The summed E-state index contributed by atoms with van der Waals surface area (Å²) in [5.41, 5.74) is 2.84. The van der Waals surface area contributed by atoms with Crippen molar-refractivity contribution in [2.75, 3.05) is 18.0 Å². The van der Waals surface area contributed by atoms with E-state index in [1.165, 1.54) is 29.2 Å². The number of rotatable bonds is 14. The van der Waals surface area contributed by atoms with Crippen molar-refractivity contribution in [3.8, 4) is 5.75 Å². The number of halogens is 1. The molecule has 0 aliphatic rings. The van der Waals surface area contributed by atoms with Crippen LogP contribution in [-0.4, -0.2) is 50.9 Å². The third-order valence-electron chi connectivity index (χ3n) is 7.76. The molecule has 1 N–H and O–H groups in total. The zero-order valence-electron chi connectivity index (χ0n) is 26.5. The van der Waals surface area contributed by atoms with Crippen LogP contribution < -0.4 is 14.4 Å². The maximum Gasteiger partial charge on any atom is 0.264 e. The van der Waals surface area contributed by atoms with E-state index in [1.807, 2.05) is 63.2 Å². The predicted octanol–water partition coefficient (Wildman–Crippen LogP) is 6.41. The number of amides is 2. The molecule has 0 fully saturated rings. The molecule has 4 aromatic rings. The number of carbonyl (C=O) groups excluding carboxylic acids is 2. The van der Waals surface area contributed by atoms with Gasteiger partial charge in [-0.25, -0.2) is 8.42 Å².